The van der Waals surface area contributed by atoms with Gasteiger partial charge < -0.3 is 15.7 Å². The minimum atomic E-state index is -0.917. The summed E-state index contributed by atoms with van der Waals surface area (Å²) in [6, 6.07) is -0.754. The molecule has 21 heavy (non-hydrogen) atoms. The summed E-state index contributed by atoms with van der Waals surface area (Å²) in [5, 5.41) is 17.2. The number of carboxylic acid groups (broad SMARTS) is 1. The van der Waals surface area contributed by atoms with Crippen molar-refractivity contribution in [1.82, 2.24) is 15.6 Å². The lowest BCUT2D eigenvalue weighted by Gasteiger charge is -2.25. The molecule has 0 bridgehead atoms. The van der Waals surface area contributed by atoms with Gasteiger partial charge in [-0.25, -0.2) is 9.78 Å². The number of carboxylic acids is 1. The molecule has 1 heterocycles. The fourth-order valence-electron chi connectivity index (χ4n) is 2.02. The van der Waals surface area contributed by atoms with Gasteiger partial charge in [0.25, 0.3) is 0 Å². The summed E-state index contributed by atoms with van der Waals surface area (Å²) in [4.78, 5) is 27.0. The molecule has 3 N–H and O–H groups in total. The molecule has 0 aromatic carbocycles. The van der Waals surface area contributed by atoms with Crippen LogP contribution in [0.4, 0.5) is 4.79 Å². The van der Waals surface area contributed by atoms with E-state index in [1.54, 1.807) is 0 Å². The number of thiazole rings is 1. The quantitative estimate of drug-likeness (QED) is 0.752. The Balaban J connectivity index is 2.49. The van der Waals surface area contributed by atoms with Crippen molar-refractivity contribution in [2.24, 2.45) is 5.41 Å². The predicted molar refractivity (Wildman–Crippen MR) is 82.3 cm³/mol. The number of urea groups is 1. The van der Waals surface area contributed by atoms with Crippen molar-refractivity contribution in [3.8, 4) is 0 Å². The van der Waals surface area contributed by atoms with Crippen LogP contribution in [0.5, 0.6) is 0 Å². The van der Waals surface area contributed by atoms with Crippen molar-refractivity contribution in [3.05, 3.63) is 16.1 Å². The van der Waals surface area contributed by atoms with E-state index < -0.39 is 5.97 Å². The normalized spacial score (nSPS) is 12.8. The number of carbonyl (C=O) groups excluding carboxylic acids is 1. The largest absolute Gasteiger partial charge is 0.481 e. The van der Waals surface area contributed by atoms with Crippen molar-refractivity contribution in [1.29, 1.82) is 0 Å². The van der Waals surface area contributed by atoms with Gasteiger partial charge in [0, 0.05) is 11.4 Å². The second-order valence-electron chi connectivity index (χ2n) is 6.24. The van der Waals surface area contributed by atoms with Gasteiger partial charge in [-0.2, -0.15) is 0 Å². The molecule has 118 valence electrons. The zero-order valence-electron chi connectivity index (χ0n) is 12.9. The fraction of sp³-hybridized carbons (Fsp3) is 0.643. The maximum atomic E-state index is 11.9. The molecule has 0 aliphatic carbocycles. The third-order valence-corrected chi connectivity index (χ3v) is 3.53. The molecule has 1 atom stereocenters. The zero-order valence-corrected chi connectivity index (χ0v) is 13.7. The SMILES string of the molecule is Cc1nc(CNC(=O)NC(CC(=O)O)CC(C)(C)C)cs1. The number of hydrogen-bond donors (Lipinski definition) is 3. The minimum Gasteiger partial charge on any atom is -0.481 e. The van der Waals surface area contributed by atoms with Crippen LogP contribution in [0.1, 0.15) is 44.3 Å². The molecule has 0 aliphatic rings. The summed E-state index contributed by atoms with van der Waals surface area (Å²) in [6.07, 6.45) is 0.517. The standard InChI is InChI=1S/C14H23N3O3S/c1-9-16-11(8-21-9)7-15-13(20)17-10(5-12(18)19)6-14(2,3)4/h8,10H,5-7H2,1-4H3,(H,18,19)(H2,15,17,20). The van der Waals surface area contributed by atoms with Gasteiger partial charge in [0.05, 0.1) is 23.7 Å². The van der Waals surface area contributed by atoms with E-state index in [0.29, 0.717) is 13.0 Å². The van der Waals surface area contributed by atoms with E-state index >= 15 is 0 Å². The Morgan fingerprint density at radius 3 is 2.57 bits per heavy atom. The number of aryl methyl sites for hydroxylation is 1. The number of amides is 2. The van der Waals surface area contributed by atoms with Gasteiger partial charge in [0.2, 0.25) is 0 Å². The molecular formula is C14H23N3O3S. The van der Waals surface area contributed by atoms with Gasteiger partial charge in [0.15, 0.2) is 0 Å². The van der Waals surface area contributed by atoms with E-state index in [9.17, 15) is 9.59 Å². The first-order valence-corrected chi connectivity index (χ1v) is 7.71. The van der Waals surface area contributed by atoms with Crippen molar-refractivity contribution in [3.63, 3.8) is 0 Å². The molecule has 0 saturated heterocycles. The molecule has 1 unspecified atom stereocenters. The Kier molecular flexibility index (Phi) is 6.14. The molecular weight excluding hydrogens is 290 g/mol. The summed E-state index contributed by atoms with van der Waals surface area (Å²) in [7, 11) is 0. The van der Waals surface area contributed by atoms with Crippen molar-refractivity contribution >= 4 is 23.3 Å². The maximum Gasteiger partial charge on any atom is 0.315 e. The van der Waals surface area contributed by atoms with Crippen LogP contribution in [-0.2, 0) is 11.3 Å². The summed E-state index contributed by atoms with van der Waals surface area (Å²) in [5.74, 6) is -0.917. The third kappa shape index (κ3) is 7.65. The second-order valence-corrected chi connectivity index (χ2v) is 7.31. The molecule has 0 aliphatic heterocycles. The molecule has 0 radical (unpaired) electrons. The van der Waals surface area contributed by atoms with Crippen molar-refractivity contribution in [2.45, 2.75) is 53.1 Å². The Labute approximate surface area is 129 Å². The van der Waals surface area contributed by atoms with E-state index in [-0.39, 0.29) is 23.9 Å². The first-order chi connectivity index (χ1) is 9.65. The minimum absolute atomic E-state index is 0.0561. The monoisotopic (exact) mass is 313 g/mol. The average Bonchev–Trinajstić information content (AvgIpc) is 2.69. The molecule has 1 aromatic heterocycles. The Morgan fingerprint density at radius 1 is 1.43 bits per heavy atom. The predicted octanol–water partition coefficient (Wildman–Crippen LogP) is 2.53. The Morgan fingerprint density at radius 2 is 2.10 bits per heavy atom. The molecule has 1 aromatic rings. The molecule has 2 amide bonds. The van der Waals surface area contributed by atoms with Crippen LogP contribution in [0.15, 0.2) is 5.38 Å². The molecule has 0 fully saturated rings. The highest BCUT2D eigenvalue weighted by Crippen LogP contribution is 2.22. The van der Waals surface area contributed by atoms with E-state index in [1.807, 2.05) is 33.1 Å². The number of aromatic nitrogens is 1. The number of hydrogen-bond acceptors (Lipinski definition) is 4. The third-order valence-electron chi connectivity index (χ3n) is 2.71. The summed E-state index contributed by atoms with van der Waals surface area (Å²) >= 11 is 1.53. The number of carbonyl (C=O) groups is 2. The molecule has 7 heteroatoms. The van der Waals surface area contributed by atoms with Gasteiger partial charge in [-0.15, -0.1) is 11.3 Å². The van der Waals surface area contributed by atoms with Crippen LogP contribution in [0, 0.1) is 12.3 Å². The first kappa shape index (κ1) is 17.4. The zero-order chi connectivity index (χ0) is 16.0. The summed E-state index contributed by atoms with van der Waals surface area (Å²) in [5.41, 5.74) is 0.748. The number of aliphatic carboxylic acids is 1. The first-order valence-electron chi connectivity index (χ1n) is 6.83. The molecule has 1 rings (SSSR count). The van der Waals surface area contributed by atoms with Crippen LogP contribution in [-0.4, -0.2) is 28.1 Å². The van der Waals surface area contributed by atoms with Gasteiger partial charge >= 0.3 is 12.0 Å². The van der Waals surface area contributed by atoms with Crippen LogP contribution < -0.4 is 10.6 Å². The van der Waals surface area contributed by atoms with Crippen LogP contribution in [0.3, 0.4) is 0 Å². The highest BCUT2D eigenvalue weighted by molar-refractivity contribution is 7.09. The summed E-state index contributed by atoms with van der Waals surface area (Å²) in [6.45, 7) is 8.28. The summed E-state index contributed by atoms with van der Waals surface area (Å²) < 4.78 is 0. The highest BCUT2D eigenvalue weighted by Gasteiger charge is 2.22. The number of nitrogens with zero attached hydrogens (tertiary/aromatic N) is 1. The molecule has 0 saturated carbocycles. The van der Waals surface area contributed by atoms with Crippen LogP contribution >= 0.6 is 11.3 Å². The molecule has 6 nitrogen and oxygen atoms in total. The fourth-order valence-corrected chi connectivity index (χ4v) is 2.63. The van der Waals surface area contributed by atoms with Crippen molar-refractivity contribution in [2.75, 3.05) is 0 Å². The molecule has 0 spiro atoms. The van der Waals surface area contributed by atoms with Gasteiger partial charge in [0.1, 0.15) is 0 Å². The average molecular weight is 313 g/mol. The smallest absolute Gasteiger partial charge is 0.315 e. The van der Waals surface area contributed by atoms with Crippen molar-refractivity contribution < 1.29 is 14.7 Å². The van der Waals surface area contributed by atoms with Gasteiger partial charge in [-0.05, 0) is 18.8 Å². The van der Waals surface area contributed by atoms with Crippen LogP contribution in [0.25, 0.3) is 0 Å². The topological polar surface area (TPSA) is 91.3 Å². The maximum absolute atomic E-state index is 11.9. The van der Waals surface area contributed by atoms with E-state index in [2.05, 4.69) is 15.6 Å². The lowest BCUT2D eigenvalue weighted by molar-refractivity contribution is -0.137. The Bertz CT molecular complexity index is 494. The number of rotatable bonds is 6. The van der Waals surface area contributed by atoms with E-state index in [0.717, 1.165) is 10.7 Å². The Hall–Kier alpha value is -1.63. The van der Waals surface area contributed by atoms with Crippen LogP contribution in [0.2, 0.25) is 0 Å². The highest BCUT2D eigenvalue weighted by atomic mass is 32.1. The number of nitrogens with one attached hydrogen (secondary N) is 2. The van der Waals surface area contributed by atoms with Gasteiger partial charge in [-0.1, -0.05) is 20.8 Å². The lowest BCUT2D eigenvalue weighted by Crippen LogP contribution is -2.44. The second kappa shape index (κ2) is 7.40. The van der Waals surface area contributed by atoms with Gasteiger partial charge in [-0.3, -0.25) is 4.79 Å². The lowest BCUT2D eigenvalue weighted by atomic mass is 9.87. The van der Waals surface area contributed by atoms with E-state index in [1.165, 1.54) is 11.3 Å². The van der Waals surface area contributed by atoms with E-state index in [4.69, 9.17) is 5.11 Å².